The molecule has 0 aliphatic carbocycles. The van der Waals surface area contributed by atoms with Crippen LogP contribution in [0.2, 0.25) is 0 Å². The number of aliphatic hydroxyl groups is 3. The highest BCUT2D eigenvalue weighted by Gasteiger charge is 2.43. The fourth-order valence-corrected chi connectivity index (χ4v) is 1.48. The molecule has 1 heterocycles. The SMILES string of the molecule is CC(C)[C@@H]1O[C@H](CO)C(O)[C@@H]1O. The molecule has 4 nitrogen and oxygen atoms in total. The maximum Gasteiger partial charge on any atom is 0.111 e. The van der Waals surface area contributed by atoms with Gasteiger partial charge in [-0.2, -0.15) is 0 Å². The average Bonchev–Trinajstić information content (AvgIpc) is 2.30. The van der Waals surface area contributed by atoms with Crippen LogP contribution in [-0.4, -0.2) is 46.3 Å². The predicted octanol–water partition coefficient (Wildman–Crippen LogP) is -0.876. The van der Waals surface area contributed by atoms with Gasteiger partial charge in [0.05, 0.1) is 12.7 Å². The standard InChI is InChI=1S/C8H16O4/c1-4(2)8-7(11)6(10)5(3-9)12-8/h4-11H,3H2,1-2H3/t5-,6?,7+,8+/m1/s1. The van der Waals surface area contributed by atoms with E-state index in [1.165, 1.54) is 0 Å². The fourth-order valence-electron chi connectivity index (χ4n) is 1.48. The molecule has 0 aromatic heterocycles. The Morgan fingerprint density at radius 3 is 2.08 bits per heavy atom. The lowest BCUT2D eigenvalue weighted by Gasteiger charge is -2.17. The molecular weight excluding hydrogens is 160 g/mol. The molecule has 1 saturated heterocycles. The van der Waals surface area contributed by atoms with E-state index in [1.807, 2.05) is 13.8 Å². The number of aliphatic hydroxyl groups excluding tert-OH is 3. The largest absolute Gasteiger partial charge is 0.394 e. The van der Waals surface area contributed by atoms with E-state index in [0.717, 1.165) is 0 Å². The van der Waals surface area contributed by atoms with Crippen LogP contribution in [0.3, 0.4) is 0 Å². The fraction of sp³-hybridized carbons (Fsp3) is 1.00. The third-order valence-corrected chi connectivity index (χ3v) is 2.24. The smallest absolute Gasteiger partial charge is 0.111 e. The molecule has 12 heavy (non-hydrogen) atoms. The zero-order valence-electron chi connectivity index (χ0n) is 7.34. The molecule has 0 aromatic carbocycles. The number of rotatable bonds is 2. The van der Waals surface area contributed by atoms with Gasteiger partial charge in [0.2, 0.25) is 0 Å². The van der Waals surface area contributed by atoms with Crippen molar-refractivity contribution < 1.29 is 20.1 Å². The van der Waals surface area contributed by atoms with Gasteiger partial charge in [0, 0.05) is 0 Å². The number of hydrogen-bond acceptors (Lipinski definition) is 4. The molecular formula is C8H16O4. The second-order valence-electron chi connectivity index (χ2n) is 3.55. The summed E-state index contributed by atoms with van der Waals surface area (Å²) < 4.78 is 5.25. The van der Waals surface area contributed by atoms with Crippen molar-refractivity contribution in [3.05, 3.63) is 0 Å². The molecule has 0 spiro atoms. The van der Waals surface area contributed by atoms with E-state index in [-0.39, 0.29) is 18.6 Å². The van der Waals surface area contributed by atoms with E-state index < -0.39 is 18.3 Å². The molecule has 4 heteroatoms. The third-order valence-electron chi connectivity index (χ3n) is 2.24. The zero-order valence-corrected chi connectivity index (χ0v) is 7.34. The first-order valence-corrected chi connectivity index (χ1v) is 4.20. The molecule has 1 rings (SSSR count). The quantitative estimate of drug-likeness (QED) is 0.511. The summed E-state index contributed by atoms with van der Waals surface area (Å²) >= 11 is 0. The molecule has 72 valence electrons. The second-order valence-corrected chi connectivity index (χ2v) is 3.55. The molecule has 1 aliphatic rings. The van der Waals surface area contributed by atoms with Crippen LogP contribution in [0.1, 0.15) is 13.8 Å². The van der Waals surface area contributed by atoms with Crippen molar-refractivity contribution in [1.29, 1.82) is 0 Å². The zero-order chi connectivity index (χ0) is 9.30. The first-order chi connectivity index (χ1) is 5.57. The molecule has 0 saturated carbocycles. The lowest BCUT2D eigenvalue weighted by Crippen LogP contribution is -2.35. The van der Waals surface area contributed by atoms with E-state index in [9.17, 15) is 10.2 Å². The Hall–Kier alpha value is -0.160. The van der Waals surface area contributed by atoms with Gasteiger partial charge in [-0.15, -0.1) is 0 Å². The Bertz CT molecular complexity index is 148. The predicted molar refractivity (Wildman–Crippen MR) is 42.6 cm³/mol. The van der Waals surface area contributed by atoms with Gasteiger partial charge >= 0.3 is 0 Å². The van der Waals surface area contributed by atoms with Crippen LogP contribution in [0.15, 0.2) is 0 Å². The van der Waals surface area contributed by atoms with Crippen molar-refractivity contribution in [1.82, 2.24) is 0 Å². The molecule has 4 atom stereocenters. The summed E-state index contributed by atoms with van der Waals surface area (Å²) in [4.78, 5) is 0. The highest BCUT2D eigenvalue weighted by molar-refractivity contribution is 4.91. The minimum absolute atomic E-state index is 0.145. The van der Waals surface area contributed by atoms with E-state index in [1.54, 1.807) is 0 Å². The van der Waals surface area contributed by atoms with Gasteiger partial charge in [-0.3, -0.25) is 0 Å². The number of ether oxygens (including phenoxy) is 1. The maximum atomic E-state index is 9.44. The topological polar surface area (TPSA) is 69.9 Å². The monoisotopic (exact) mass is 176 g/mol. The van der Waals surface area contributed by atoms with Crippen molar-refractivity contribution in [2.24, 2.45) is 5.92 Å². The van der Waals surface area contributed by atoms with Gasteiger partial charge < -0.3 is 20.1 Å². The van der Waals surface area contributed by atoms with E-state index in [2.05, 4.69) is 0 Å². The summed E-state index contributed by atoms with van der Waals surface area (Å²) in [5, 5.41) is 27.5. The van der Waals surface area contributed by atoms with Crippen LogP contribution >= 0.6 is 0 Å². The molecule has 0 amide bonds. The van der Waals surface area contributed by atoms with Crippen LogP contribution in [-0.2, 0) is 4.74 Å². The molecule has 1 aliphatic heterocycles. The van der Waals surface area contributed by atoms with Crippen molar-refractivity contribution in [3.63, 3.8) is 0 Å². The van der Waals surface area contributed by atoms with Crippen LogP contribution in [0.5, 0.6) is 0 Å². The Morgan fingerprint density at radius 1 is 1.25 bits per heavy atom. The molecule has 0 radical (unpaired) electrons. The van der Waals surface area contributed by atoms with Crippen molar-refractivity contribution >= 4 is 0 Å². The van der Waals surface area contributed by atoms with Gasteiger partial charge in [0.15, 0.2) is 0 Å². The number of hydrogen-bond donors (Lipinski definition) is 3. The first-order valence-electron chi connectivity index (χ1n) is 4.20. The van der Waals surface area contributed by atoms with E-state index >= 15 is 0 Å². The molecule has 1 unspecified atom stereocenters. The van der Waals surface area contributed by atoms with Crippen LogP contribution in [0.25, 0.3) is 0 Å². The third kappa shape index (κ3) is 1.61. The summed E-state index contributed by atoms with van der Waals surface area (Å²) in [7, 11) is 0. The Kier molecular flexibility index (Phi) is 3.06. The lowest BCUT2D eigenvalue weighted by atomic mass is 10.00. The van der Waals surface area contributed by atoms with Gasteiger partial charge in [0.1, 0.15) is 18.3 Å². The van der Waals surface area contributed by atoms with Crippen LogP contribution < -0.4 is 0 Å². The highest BCUT2D eigenvalue weighted by Crippen LogP contribution is 2.25. The van der Waals surface area contributed by atoms with Gasteiger partial charge in [0.25, 0.3) is 0 Å². The normalized spacial score (nSPS) is 42.5. The van der Waals surface area contributed by atoms with Crippen LogP contribution in [0, 0.1) is 5.92 Å². The maximum absolute atomic E-state index is 9.44. The Morgan fingerprint density at radius 2 is 1.83 bits per heavy atom. The second kappa shape index (κ2) is 3.70. The average molecular weight is 176 g/mol. The summed E-state index contributed by atoms with van der Waals surface area (Å²) in [6, 6.07) is 0. The summed E-state index contributed by atoms with van der Waals surface area (Å²) in [6.45, 7) is 3.56. The molecule has 0 aromatic rings. The summed E-state index contributed by atoms with van der Waals surface area (Å²) in [5.41, 5.74) is 0. The summed E-state index contributed by atoms with van der Waals surface area (Å²) in [6.07, 6.45) is -2.82. The van der Waals surface area contributed by atoms with E-state index in [4.69, 9.17) is 9.84 Å². The van der Waals surface area contributed by atoms with Crippen LogP contribution in [0.4, 0.5) is 0 Å². The molecule has 0 bridgehead atoms. The van der Waals surface area contributed by atoms with Crippen molar-refractivity contribution in [3.8, 4) is 0 Å². The van der Waals surface area contributed by atoms with Gasteiger partial charge in [-0.1, -0.05) is 13.8 Å². The minimum Gasteiger partial charge on any atom is -0.394 e. The van der Waals surface area contributed by atoms with E-state index in [0.29, 0.717) is 0 Å². The lowest BCUT2D eigenvalue weighted by molar-refractivity contribution is -0.0369. The first kappa shape index (κ1) is 9.92. The van der Waals surface area contributed by atoms with Crippen molar-refractivity contribution in [2.45, 2.75) is 38.3 Å². The summed E-state index contributed by atoms with van der Waals surface area (Å²) in [5.74, 6) is 0.145. The molecule has 1 fully saturated rings. The molecule has 3 N–H and O–H groups in total. The van der Waals surface area contributed by atoms with Gasteiger partial charge in [-0.05, 0) is 5.92 Å². The van der Waals surface area contributed by atoms with Gasteiger partial charge in [-0.25, -0.2) is 0 Å². The highest BCUT2D eigenvalue weighted by atomic mass is 16.6. The Labute approximate surface area is 71.8 Å². The Balaban J connectivity index is 2.60. The minimum atomic E-state index is -0.956. The van der Waals surface area contributed by atoms with Crippen molar-refractivity contribution in [2.75, 3.05) is 6.61 Å².